The van der Waals surface area contributed by atoms with Gasteiger partial charge in [0.05, 0.1) is 12.7 Å². The van der Waals surface area contributed by atoms with Gasteiger partial charge in [-0.25, -0.2) is 8.42 Å². The lowest BCUT2D eigenvalue weighted by Crippen LogP contribution is -2.50. The summed E-state index contributed by atoms with van der Waals surface area (Å²) < 4.78 is 24.3. The second-order valence-electron chi connectivity index (χ2n) is 5.65. The minimum Gasteiger partial charge on any atom is -0.340 e. The van der Waals surface area contributed by atoms with Crippen molar-refractivity contribution in [2.24, 2.45) is 0 Å². The largest absolute Gasteiger partial charge is 0.340 e. The number of sulfonamides is 1. The number of hydrogen-bond acceptors (Lipinski definition) is 3. The van der Waals surface area contributed by atoms with Crippen molar-refractivity contribution in [2.45, 2.75) is 20.3 Å². The summed E-state index contributed by atoms with van der Waals surface area (Å²) in [4.78, 5) is 14.1. The maximum atomic E-state index is 12.3. The van der Waals surface area contributed by atoms with Crippen LogP contribution < -0.4 is 0 Å². The summed E-state index contributed by atoms with van der Waals surface area (Å²) in [6, 6.07) is 6.10. The van der Waals surface area contributed by atoms with Crippen LogP contribution in [0.25, 0.3) is 0 Å². The molecular weight excluding hydrogens is 288 g/mol. The summed E-state index contributed by atoms with van der Waals surface area (Å²) in [5, 5.41) is 0. The van der Waals surface area contributed by atoms with Gasteiger partial charge in [-0.05, 0) is 25.0 Å². The molecule has 6 heteroatoms. The summed E-state index contributed by atoms with van der Waals surface area (Å²) in [6.07, 6.45) is 1.59. The Morgan fingerprint density at radius 1 is 1.14 bits per heavy atom. The third-order valence-electron chi connectivity index (χ3n) is 3.91. The van der Waals surface area contributed by atoms with Crippen molar-refractivity contribution in [3.8, 4) is 0 Å². The number of carbonyl (C=O) groups excluding carboxylic acids is 1. The molecule has 0 saturated carbocycles. The van der Waals surface area contributed by atoms with Gasteiger partial charge in [-0.2, -0.15) is 4.31 Å². The average molecular weight is 310 g/mol. The van der Waals surface area contributed by atoms with Gasteiger partial charge in [-0.1, -0.05) is 23.8 Å². The number of aryl methyl sites for hydroxylation is 2. The van der Waals surface area contributed by atoms with E-state index in [0.29, 0.717) is 32.6 Å². The molecule has 1 aliphatic rings. The Morgan fingerprint density at radius 2 is 1.76 bits per heavy atom. The van der Waals surface area contributed by atoms with Crippen LogP contribution in [0.2, 0.25) is 0 Å². The Labute approximate surface area is 126 Å². The van der Waals surface area contributed by atoms with Crippen LogP contribution in [0.1, 0.15) is 16.7 Å². The predicted molar refractivity (Wildman–Crippen MR) is 82.6 cm³/mol. The number of amides is 1. The molecule has 1 amide bonds. The molecule has 0 N–H and O–H groups in total. The fraction of sp³-hybridized carbons (Fsp3) is 0.533. The molecular formula is C15H22N2O3S. The zero-order valence-electron chi connectivity index (χ0n) is 12.8. The van der Waals surface area contributed by atoms with Crippen LogP contribution in [0.15, 0.2) is 18.2 Å². The third-order valence-corrected chi connectivity index (χ3v) is 5.21. The molecule has 0 spiro atoms. The van der Waals surface area contributed by atoms with E-state index >= 15 is 0 Å². The van der Waals surface area contributed by atoms with E-state index in [1.165, 1.54) is 10.6 Å². The van der Waals surface area contributed by atoms with Crippen molar-refractivity contribution < 1.29 is 13.2 Å². The van der Waals surface area contributed by atoms with Gasteiger partial charge < -0.3 is 4.90 Å². The molecule has 1 aromatic rings. The van der Waals surface area contributed by atoms with Crippen LogP contribution in [-0.2, 0) is 21.2 Å². The van der Waals surface area contributed by atoms with E-state index in [1.54, 1.807) is 4.90 Å². The van der Waals surface area contributed by atoms with Gasteiger partial charge in [0.2, 0.25) is 15.9 Å². The van der Waals surface area contributed by atoms with Crippen LogP contribution >= 0.6 is 0 Å². The van der Waals surface area contributed by atoms with E-state index in [2.05, 4.69) is 0 Å². The van der Waals surface area contributed by atoms with E-state index in [-0.39, 0.29) is 5.91 Å². The Bertz CT molecular complexity index is 632. The summed E-state index contributed by atoms with van der Waals surface area (Å²) in [5.41, 5.74) is 3.31. The van der Waals surface area contributed by atoms with E-state index < -0.39 is 10.0 Å². The molecule has 1 heterocycles. The Kier molecular flexibility index (Phi) is 4.68. The Balaban J connectivity index is 1.98. The van der Waals surface area contributed by atoms with E-state index in [4.69, 9.17) is 0 Å². The first-order valence-electron chi connectivity index (χ1n) is 7.06. The SMILES string of the molecule is Cc1ccc(C)c(CC(=O)N2CCN(S(C)(=O)=O)CC2)c1. The smallest absolute Gasteiger partial charge is 0.227 e. The van der Waals surface area contributed by atoms with Crippen LogP contribution in [0.5, 0.6) is 0 Å². The van der Waals surface area contributed by atoms with Gasteiger partial charge in [0.1, 0.15) is 0 Å². The lowest BCUT2D eigenvalue weighted by Gasteiger charge is -2.33. The van der Waals surface area contributed by atoms with Crippen LogP contribution in [0, 0.1) is 13.8 Å². The third kappa shape index (κ3) is 4.04. The van der Waals surface area contributed by atoms with Crippen molar-refractivity contribution in [3.05, 3.63) is 34.9 Å². The van der Waals surface area contributed by atoms with Crippen LogP contribution in [-0.4, -0.2) is 56.0 Å². The molecule has 0 unspecified atom stereocenters. The van der Waals surface area contributed by atoms with Gasteiger partial charge in [0.25, 0.3) is 0 Å². The van der Waals surface area contributed by atoms with Crippen molar-refractivity contribution >= 4 is 15.9 Å². The highest BCUT2D eigenvalue weighted by Crippen LogP contribution is 2.14. The molecule has 2 rings (SSSR count). The van der Waals surface area contributed by atoms with E-state index in [0.717, 1.165) is 16.7 Å². The highest BCUT2D eigenvalue weighted by Gasteiger charge is 2.26. The van der Waals surface area contributed by atoms with Crippen LogP contribution in [0.4, 0.5) is 0 Å². The zero-order valence-corrected chi connectivity index (χ0v) is 13.6. The molecule has 0 atom stereocenters. The first-order chi connectivity index (χ1) is 9.77. The molecule has 0 aromatic heterocycles. The lowest BCUT2D eigenvalue weighted by molar-refractivity contribution is -0.131. The maximum absolute atomic E-state index is 12.3. The van der Waals surface area contributed by atoms with Gasteiger partial charge in [0, 0.05) is 26.2 Å². The fourth-order valence-electron chi connectivity index (χ4n) is 2.53. The quantitative estimate of drug-likeness (QED) is 0.835. The van der Waals surface area contributed by atoms with Crippen molar-refractivity contribution in [1.82, 2.24) is 9.21 Å². The molecule has 116 valence electrons. The number of benzene rings is 1. The highest BCUT2D eigenvalue weighted by atomic mass is 32.2. The molecule has 5 nitrogen and oxygen atoms in total. The van der Waals surface area contributed by atoms with Crippen molar-refractivity contribution in [1.29, 1.82) is 0 Å². The summed E-state index contributed by atoms with van der Waals surface area (Å²) in [5.74, 6) is 0.0665. The maximum Gasteiger partial charge on any atom is 0.227 e. The van der Waals surface area contributed by atoms with Gasteiger partial charge in [-0.15, -0.1) is 0 Å². The molecule has 1 aromatic carbocycles. The summed E-state index contributed by atoms with van der Waals surface area (Å²) >= 11 is 0. The molecule has 0 bridgehead atoms. The second kappa shape index (κ2) is 6.15. The minimum atomic E-state index is -3.15. The van der Waals surface area contributed by atoms with E-state index in [9.17, 15) is 13.2 Å². The number of nitrogens with zero attached hydrogens (tertiary/aromatic N) is 2. The van der Waals surface area contributed by atoms with Gasteiger partial charge >= 0.3 is 0 Å². The van der Waals surface area contributed by atoms with Gasteiger partial charge in [-0.3, -0.25) is 4.79 Å². The normalized spacial score (nSPS) is 17.0. The highest BCUT2D eigenvalue weighted by molar-refractivity contribution is 7.88. The standard InChI is InChI=1S/C15H22N2O3S/c1-12-4-5-13(2)14(10-12)11-15(18)16-6-8-17(9-7-16)21(3,19)20/h4-5,10H,6-9,11H2,1-3H3. The minimum absolute atomic E-state index is 0.0665. The number of rotatable bonds is 3. The average Bonchev–Trinajstić information content (AvgIpc) is 2.42. The van der Waals surface area contributed by atoms with Gasteiger partial charge in [0.15, 0.2) is 0 Å². The topological polar surface area (TPSA) is 57.7 Å². The molecule has 0 aliphatic carbocycles. The number of carbonyl (C=O) groups is 1. The first-order valence-corrected chi connectivity index (χ1v) is 8.91. The molecule has 1 aliphatic heterocycles. The fourth-order valence-corrected chi connectivity index (χ4v) is 3.36. The van der Waals surface area contributed by atoms with Crippen molar-refractivity contribution in [2.75, 3.05) is 32.4 Å². The number of piperazine rings is 1. The van der Waals surface area contributed by atoms with Crippen molar-refractivity contribution in [3.63, 3.8) is 0 Å². The number of hydrogen-bond donors (Lipinski definition) is 0. The first kappa shape index (κ1) is 16.0. The second-order valence-corrected chi connectivity index (χ2v) is 7.63. The van der Waals surface area contributed by atoms with Crippen LogP contribution in [0.3, 0.4) is 0 Å². The molecule has 0 radical (unpaired) electrons. The zero-order chi connectivity index (χ0) is 15.6. The lowest BCUT2D eigenvalue weighted by atomic mass is 10.0. The monoisotopic (exact) mass is 310 g/mol. The Morgan fingerprint density at radius 3 is 2.33 bits per heavy atom. The molecule has 1 fully saturated rings. The summed E-state index contributed by atoms with van der Waals surface area (Å²) in [6.45, 7) is 5.73. The molecule has 21 heavy (non-hydrogen) atoms. The molecule has 1 saturated heterocycles. The Hall–Kier alpha value is -1.40. The van der Waals surface area contributed by atoms with E-state index in [1.807, 2.05) is 32.0 Å². The predicted octanol–water partition coefficient (Wildman–Crippen LogP) is 0.950. The summed E-state index contributed by atoms with van der Waals surface area (Å²) in [7, 11) is -3.15.